The van der Waals surface area contributed by atoms with Crippen LogP contribution in [0, 0.1) is 12.8 Å². The number of likely N-dealkylation sites (N-methyl/N-ethyl adjacent to an activating group) is 1. The molecule has 19 heavy (non-hydrogen) atoms. The Balaban J connectivity index is 2.86. The van der Waals surface area contributed by atoms with Gasteiger partial charge < -0.3 is 9.80 Å². The summed E-state index contributed by atoms with van der Waals surface area (Å²) in [5.74, 6) is 1.25. The molecule has 0 aliphatic rings. The molecular formula is C16H27ClN2. The van der Waals surface area contributed by atoms with Crippen molar-refractivity contribution in [2.75, 3.05) is 38.6 Å². The number of anilines is 1. The zero-order valence-electron chi connectivity index (χ0n) is 12.9. The zero-order chi connectivity index (χ0) is 14.4. The van der Waals surface area contributed by atoms with Crippen molar-refractivity contribution in [2.24, 2.45) is 5.92 Å². The van der Waals surface area contributed by atoms with E-state index in [0.717, 1.165) is 19.6 Å². The monoisotopic (exact) mass is 282 g/mol. The lowest BCUT2D eigenvalue weighted by molar-refractivity contribution is 0.409. The predicted molar refractivity (Wildman–Crippen MR) is 86.3 cm³/mol. The first kappa shape index (κ1) is 16.3. The Kier molecular flexibility index (Phi) is 6.67. The Morgan fingerprint density at radius 2 is 1.84 bits per heavy atom. The van der Waals surface area contributed by atoms with Crippen molar-refractivity contribution in [1.29, 1.82) is 0 Å². The molecule has 0 saturated carbocycles. The third-order valence-corrected chi connectivity index (χ3v) is 3.53. The third kappa shape index (κ3) is 5.42. The van der Waals surface area contributed by atoms with Gasteiger partial charge in [-0.2, -0.15) is 0 Å². The minimum Gasteiger partial charge on any atom is -0.370 e. The van der Waals surface area contributed by atoms with Gasteiger partial charge in [-0.05, 0) is 50.2 Å². The fourth-order valence-electron chi connectivity index (χ4n) is 2.11. The molecule has 0 amide bonds. The first-order chi connectivity index (χ1) is 8.93. The molecule has 0 radical (unpaired) electrons. The molecular weight excluding hydrogens is 256 g/mol. The highest BCUT2D eigenvalue weighted by atomic mass is 35.5. The molecule has 0 aliphatic heterocycles. The molecule has 1 aromatic carbocycles. The van der Waals surface area contributed by atoms with Gasteiger partial charge >= 0.3 is 0 Å². The molecule has 2 nitrogen and oxygen atoms in total. The highest BCUT2D eigenvalue weighted by molar-refractivity contribution is 6.17. The van der Waals surface area contributed by atoms with Crippen molar-refractivity contribution in [3.63, 3.8) is 0 Å². The lowest BCUT2D eigenvalue weighted by atomic mass is 10.1. The normalized spacial score (nSPS) is 11.4. The molecule has 0 unspecified atom stereocenters. The van der Waals surface area contributed by atoms with Crippen LogP contribution in [0.2, 0.25) is 0 Å². The van der Waals surface area contributed by atoms with E-state index in [1.807, 2.05) is 0 Å². The Hall–Kier alpha value is -0.730. The van der Waals surface area contributed by atoms with Crippen LogP contribution in [-0.4, -0.2) is 38.6 Å². The van der Waals surface area contributed by atoms with Gasteiger partial charge in [-0.15, -0.1) is 11.6 Å². The summed E-state index contributed by atoms with van der Waals surface area (Å²) in [6.45, 7) is 9.90. The molecule has 0 spiro atoms. The van der Waals surface area contributed by atoms with Crippen molar-refractivity contribution in [2.45, 2.75) is 26.7 Å². The van der Waals surface area contributed by atoms with E-state index in [1.54, 1.807) is 0 Å². The maximum atomic E-state index is 5.93. The van der Waals surface area contributed by atoms with Crippen LogP contribution in [-0.2, 0) is 5.88 Å². The van der Waals surface area contributed by atoms with Crippen LogP contribution in [0.15, 0.2) is 18.2 Å². The summed E-state index contributed by atoms with van der Waals surface area (Å²) in [5, 5.41) is 0. The third-order valence-electron chi connectivity index (χ3n) is 3.24. The highest BCUT2D eigenvalue weighted by Crippen LogP contribution is 2.21. The lowest BCUT2D eigenvalue weighted by Gasteiger charge is -2.28. The lowest BCUT2D eigenvalue weighted by Crippen LogP contribution is -2.34. The van der Waals surface area contributed by atoms with Crippen LogP contribution in [0.25, 0.3) is 0 Å². The average molecular weight is 283 g/mol. The minimum atomic E-state index is 0.591. The van der Waals surface area contributed by atoms with Gasteiger partial charge in [0.1, 0.15) is 0 Å². The number of aryl methyl sites for hydroxylation is 1. The van der Waals surface area contributed by atoms with Gasteiger partial charge in [-0.3, -0.25) is 0 Å². The van der Waals surface area contributed by atoms with Gasteiger partial charge in [-0.1, -0.05) is 19.9 Å². The van der Waals surface area contributed by atoms with E-state index in [9.17, 15) is 0 Å². The van der Waals surface area contributed by atoms with Gasteiger partial charge in [0.15, 0.2) is 0 Å². The van der Waals surface area contributed by atoms with Gasteiger partial charge in [0.2, 0.25) is 0 Å². The molecule has 0 fully saturated rings. The minimum absolute atomic E-state index is 0.591. The topological polar surface area (TPSA) is 6.48 Å². The smallest absolute Gasteiger partial charge is 0.0476 e. The molecule has 1 aromatic rings. The van der Waals surface area contributed by atoms with Crippen molar-refractivity contribution >= 4 is 17.3 Å². The summed E-state index contributed by atoms with van der Waals surface area (Å²) in [4.78, 5) is 4.70. The molecule has 3 heteroatoms. The van der Waals surface area contributed by atoms with Crippen LogP contribution in [0.1, 0.15) is 25.0 Å². The molecule has 1 rings (SSSR count). The number of hydrogen-bond donors (Lipinski definition) is 0. The number of benzene rings is 1. The van der Waals surface area contributed by atoms with Crippen molar-refractivity contribution in [3.05, 3.63) is 29.3 Å². The van der Waals surface area contributed by atoms with Crippen LogP contribution < -0.4 is 4.90 Å². The largest absolute Gasteiger partial charge is 0.370 e. The van der Waals surface area contributed by atoms with Crippen LogP contribution >= 0.6 is 11.6 Å². The molecule has 0 heterocycles. The summed E-state index contributed by atoms with van der Waals surface area (Å²) in [7, 11) is 4.24. The van der Waals surface area contributed by atoms with E-state index < -0.39 is 0 Å². The quantitative estimate of drug-likeness (QED) is 0.703. The van der Waals surface area contributed by atoms with Gasteiger partial charge in [0, 0.05) is 31.2 Å². The maximum absolute atomic E-state index is 5.93. The second kappa shape index (κ2) is 7.76. The number of rotatable bonds is 7. The van der Waals surface area contributed by atoms with E-state index in [0.29, 0.717) is 11.8 Å². The fourth-order valence-corrected chi connectivity index (χ4v) is 2.41. The summed E-state index contributed by atoms with van der Waals surface area (Å²) >= 11 is 5.93. The fraction of sp³-hybridized carbons (Fsp3) is 0.625. The number of nitrogens with zero attached hydrogens (tertiary/aromatic N) is 2. The SMILES string of the molecule is Cc1cc(N(CCN(C)C)CC(C)C)ccc1CCl. The van der Waals surface area contributed by atoms with Gasteiger partial charge in [-0.25, -0.2) is 0 Å². The second-order valence-electron chi connectivity index (χ2n) is 5.89. The zero-order valence-corrected chi connectivity index (χ0v) is 13.7. The van der Waals surface area contributed by atoms with E-state index in [1.165, 1.54) is 16.8 Å². The molecule has 0 atom stereocenters. The summed E-state index contributed by atoms with van der Waals surface area (Å²) in [6, 6.07) is 6.61. The van der Waals surface area contributed by atoms with Gasteiger partial charge in [0.05, 0.1) is 0 Å². The number of alkyl halides is 1. The summed E-state index contributed by atoms with van der Waals surface area (Å²) in [6.07, 6.45) is 0. The van der Waals surface area contributed by atoms with Crippen molar-refractivity contribution in [3.8, 4) is 0 Å². The summed E-state index contributed by atoms with van der Waals surface area (Å²) < 4.78 is 0. The Labute approximate surface area is 123 Å². The van der Waals surface area contributed by atoms with E-state index >= 15 is 0 Å². The van der Waals surface area contributed by atoms with E-state index in [2.05, 4.69) is 62.9 Å². The molecule has 0 aromatic heterocycles. The van der Waals surface area contributed by atoms with Crippen LogP contribution in [0.5, 0.6) is 0 Å². The number of halogens is 1. The van der Waals surface area contributed by atoms with Crippen LogP contribution in [0.3, 0.4) is 0 Å². The molecule has 0 aliphatic carbocycles. The molecule has 0 N–H and O–H groups in total. The second-order valence-corrected chi connectivity index (χ2v) is 6.15. The Bertz CT molecular complexity index is 388. The standard InChI is InChI=1S/C16H27ClN2/c1-13(2)12-19(9-8-18(4)5)16-7-6-15(11-17)14(3)10-16/h6-7,10,13H,8-9,11-12H2,1-5H3. The maximum Gasteiger partial charge on any atom is 0.0476 e. The van der Waals surface area contributed by atoms with Crippen molar-refractivity contribution < 1.29 is 0 Å². The predicted octanol–water partition coefficient (Wildman–Crippen LogP) is 3.76. The van der Waals surface area contributed by atoms with E-state index in [4.69, 9.17) is 11.6 Å². The average Bonchev–Trinajstić information content (AvgIpc) is 2.33. The Morgan fingerprint density at radius 1 is 1.16 bits per heavy atom. The molecule has 0 bridgehead atoms. The van der Waals surface area contributed by atoms with Crippen molar-refractivity contribution in [1.82, 2.24) is 4.90 Å². The van der Waals surface area contributed by atoms with Gasteiger partial charge in [0.25, 0.3) is 0 Å². The van der Waals surface area contributed by atoms with Crippen LogP contribution in [0.4, 0.5) is 5.69 Å². The van der Waals surface area contributed by atoms with E-state index in [-0.39, 0.29) is 0 Å². The Morgan fingerprint density at radius 3 is 2.32 bits per heavy atom. The highest BCUT2D eigenvalue weighted by Gasteiger charge is 2.10. The summed E-state index contributed by atoms with van der Waals surface area (Å²) in [5.41, 5.74) is 3.82. The molecule has 108 valence electrons. The first-order valence-corrected chi connectivity index (χ1v) is 7.52. The molecule has 0 saturated heterocycles. The number of hydrogen-bond acceptors (Lipinski definition) is 2. The first-order valence-electron chi connectivity index (χ1n) is 6.99.